The number of rotatable bonds is 4. The first-order chi connectivity index (χ1) is 10.7. The fourth-order valence-corrected chi connectivity index (χ4v) is 3.85. The molecule has 1 aromatic heterocycles. The van der Waals surface area contributed by atoms with Gasteiger partial charge in [0.1, 0.15) is 0 Å². The summed E-state index contributed by atoms with van der Waals surface area (Å²) < 4.78 is 25.6. The molecule has 0 fully saturated rings. The van der Waals surface area contributed by atoms with Crippen molar-refractivity contribution in [1.29, 1.82) is 0 Å². The van der Waals surface area contributed by atoms with E-state index in [4.69, 9.17) is 0 Å². The lowest BCUT2D eigenvalue weighted by atomic mass is 10.1. The zero-order valence-corrected chi connectivity index (χ0v) is 12.7. The second kappa shape index (κ2) is 6.12. The van der Waals surface area contributed by atoms with Gasteiger partial charge in [-0.3, -0.25) is 4.98 Å². The fraction of sp³-hybridized carbons (Fsp3) is 0.0556. The lowest BCUT2D eigenvalue weighted by Crippen LogP contribution is -2.06. The molecule has 0 aliphatic heterocycles. The van der Waals surface area contributed by atoms with Crippen molar-refractivity contribution >= 4 is 9.84 Å². The fourth-order valence-electron chi connectivity index (χ4n) is 2.34. The standard InChI is InChI=1S/C18H15NO2S/c20-22(21,17-10-2-1-3-11-17)18-12-5-4-8-15(18)14-16-9-6-7-13-19-16/h1-13H,14H2. The Balaban J connectivity index is 2.05. The minimum atomic E-state index is -3.52. The van der Waals surface area contributed by atoms with Gasteiger partial charge in [-0.25, -0.2) is 8.42 Å². The van der Waals surface area contributed by atoms with Crippen LogP contribution >= 0.6 is 0 Å². The molecule has 0 bridgehead atoms. The number of hydrogen-bond donors (Lipinski definition) is 0. The second-order valence-electron chi connectivity index (χ2n) is 4.92. The summed E-state index contributed by atoms with van der Waals surface area (Å²) in [4.78, 5) is 4.92. The Morgan fingerprint density at radius 2 is 1.45 bits per heavy atom. The Morgan fingerprint density at radius 3 is 2.18 bits per heavy atom. The SMILES string of the molecule is O=S(=O)(c1ccccc1)c1ccccc1Cc1ccccn1. The van der Waals surface area contributed by atoms with Crippen molar-refractivity contribution in [1.82, 2.24) is 4.98 Å². The number of hydrogen-bond acceptors (Lipinski definition) is 3. The quantitative estimate of drug-likeness (QED) is 0.741. The molecule has 3 aromatic rings. The van der Waals surface area contributed by atoms with Crippen LogP contribution in [0.3, 0.4) is 0 Å². The van der Waals surface area contributed by atoms with Gasteiger partial charge in [-0.15, -0.1) is 0 Å². The summed E-state index contributed by atoms with van der Waals surface area (Å²) in [5.74, 6) is 0. The first kappa shape index (κ1) is 14.5. The summed E-state index contributed by atoms with van der Waals surface area (Å²) in [7, 11) is -3.52. The third-order valence-electron chi connectivity index (χ3n) is 3.41. The predicted molar refractivity (Wildman–Crippen MR) is 85.4 cm³/mol. The zero-order chi connectivity index (χ0) is 15.4. The monoisotopic (exact) mass is 309 g/mol. The van der Waals surface area contributed by atoms with E-state index >= 15 is 0 Å². The van der Waals surface area contributed by atoms with Crippen LogP contribution < -0.4 is 0 Å². The van der Waals surface area contributed by atoms with E-state index in [0.717, 1.165) is 11.3 Å². The Labute approximate surface area is 130 Å². The van der Waals surface area contributed by atoms with Gasteiger partial charge < -0.3 is 0 Å². The summed E-state index contributed by atoms with van der Waals surface area (Å²) in [6.07, 6.45) is 2.20. The summed E-state index contributed by atoms with van der Waals surface area (Å²) in [6, 6.07) is 21.2. The van der Waals surface area contributed by atoms with Crippen molar-refractivity contribution in [3.63, 3.8) is 0 Å². The van der Waals surface area contributed by atoms with Gasteiger partial charge in [0.25, 0.3) is 0 Å². The lowest BCUT2D eigenvalue weighted by molar-refractivity contribution is 0.595. The molecule has 110 valence electrons. The first-order valence-corrected chi connectivity index (χ1v) is 8.44. The highest BCUT2D eigenvalue weighted by Gasteiger charge is 2.20. The van der Waals surface area contributed by atoms with Gasteiger partial charge in [-0.05, 0) is 35.9 Å². The average Bonchev–Trinajstić information content (AvgIpc) is 2.57. The van der Waals surface area contributed by atoms with Crippen LogP contribution in [-0.4, -0.2) is 13.4 Å². The summed E-state index contributed by atoms with van der Waals surface area (Å²) >= 11 is 0. The van der Waals surface area contributed by atoms with E-state index in [9.17, 15) is 8.42 Å². The molecule has 0 unspecified atom stereocenters. The molecule has 0 saturated heterocycles. The largest absolute Gasteiger partial charge is 0.261 e. The molecule has 0 saturated carbocycles. The summed E-state index contributed by atoms with van der Waals surface area (Å²) in [5, 5.41) is 0. The maximum absolute atomic E-state index is 12.8. The number of nitrogens with zero attached hydrogens (tertiary/aromatic N) is 1. The van der Waals surface area contributed by atoms with Gasteiger partial charge in [0.2, 0.25) is 9.84 Å². The zero-order valence-electron chi connectivity index (χ0n) is 11.9. The second-order valence-corrected chi connectivity index (χ2v) is 6.84. The van der Waals surface area contributed by atoms with Crippen molar-refractivity contribution in [2.45, 2.75) is 16.2 Å². The summed E-state index contributed by atoms with van der Waals surface area (Å²) in [6.45, 7) is 0. The van der Waals surface area contributed by atoms with Gasteiger partial charge in [0.15, 0.2) is 0 Å². The molecule has 0 N–H and O–H groups in total. The van der Waals surface area contributed by atoms with Gasteiger partial charge in [0, 0.05) is 18.3 Å². The van der Waals surface area contributed by atoms with E-state index in [2.05, 4.69) is 4.98 Å². The minimum Gasteiger partial charge on any atom is -0.261 e. The van der Waals surface area contributed by atoms with Gasteiger partial charge >= 0.3 is 0 Å². The van der Waals surface area contributed by atoms with Gasteiger partial charge in [-0.2, -0.15) is 0 Å². The molecule has 0 radical (unpaired) electrons. The van der Waals surface area contributed by atoms with Crippen LogP contribution in [0.25, 0.3) is 0 Å². The van der Waals surface area contributed by atoms with Crippen molar-refractivity contribution in [3.8, 4) is 0 Å². The third kappa shape index (κ3) is 2.92. The molecule has 0 aliphatic carbocycles. The molecule has 4 heteroatoms. The number of sulfone groups is 1. The first-order valence-electron chi connectivity index (χ1n) is 6.96. The van der Waals surface area contributed by atoms with E-state index in [1.807, 2.05) is 30.3 Å². The van der Waals surface area contributed by atoms with E-state index in [1.165, 1.54) is 0 Å². The van der Waals surface area contributed by atoms with E-state index in [-0.39, 0.29) is 0 Å². The van der Waals surface area contributed by atoms with Crippen molar-refractivity contribution in [3.05, 3.63) is 90.3 Å². The molecule has 22 heavy (non-hydrogen) atoms. The molecule has 3 nitrogen and oxygen atoms in total. The topological polar surface area (TPSA) is 47.0 Å². The van der Waals surface area contributed by atoms with E-state index in [0.29, 0.717) is 16.2 Å². The number of pyridine rings is 1. The minimum absolute atomic E-state index is 0.309. The van der Waals surface area contributed by atoms with Crippen LogP contribution in [0.5, 0.6) is 0 Å². The molecule has 0 aliphatic rings. The highest BCUT2D eigenvalue weighted by molar-refractivity contribution is 7.91. The van der Waals surface area contributed by atoms with E-state index < -0.39 is 9.84 Å². The molecule has 3 rings (SSSR count). The third-order valence-corrected chi connectivity index (χ3v) is 5.28. The lowest BCUT2D eigenvalue weighted by Gasteiger charge is -2.10. The van der Waals surface area contributed by atoms with Gasteiger partial charge in [0.05, 0.1) is 9.79 Å². The van der Waals surface area contributed by atoms with Crippen molar-refractivity contribution < 1.29 is 8.42 Å². The molecule has 0 atom stereocenters. The normalized spacial score (nSPS) is 11.3. The molecule has 2 aromatic carbocycles. The molecule has 0 amide bonds. The Morgan fingerprint density at radius 1 is 0.773 bits per heavy atom. The van der Waals surface area contributed by atoms with Crippen LogP contribution in [0.4, 0.5) is 0 Å². The van der Waals surface area contributed by atoms with Crippen LogP contribution in [0, 0.1) is 0 Å². The smallest absolute Gasteiger partial charge is 0.206 e. The highest BCUT2D eigenvalue weighted by Crippen LogP contribution is 2.25. The molecule has 0 spiro atoms. The maximum Gasteiger partial charge on any atom is 0.206 e. The van der Waals surface area contributed by atoms with Crippen molar-refractivity contribution in [2.75, 3.05) is 0 Å². The number of benzene rings is 2. The van der Waals surface area contributed by atoms with Crippen LogP contribution in [0.2, 0.25) is 0 Å². The van der Waals surface area contributed by atoms with Crippen LogP contribution in [0.1, 0.15) is 11.3 Å². The molecular weight excluding hydrogens is 294 g/mol. The van der Waals surface area contributed by atoms with Crippen LogP contribution in [0.15, 0.2) is 88.8 Å². The van der Waals surface area contributed by atoms with Crippen LogP contribution in [-0.2, 0) is 16.3 Å². The summed E-state index contributed by atoms with van der Waals surface area (Å²) in [5.41, 5.74) is 1.60. The Hall–Kier alpha value is -2.46. The molecular formula is C18H15NO2S. The van der Waals surface area contributed by atoms with Crippen molar-refractivity contribution in [2.24, 2.45) is 0 Å². The highest BCUT2D eigenvalue weighted by atomic mass is 32.2. The molecule has 1 heterocycles. The van der Waals surface area contributed by atoms with Gasteiger partial charge in [-0.1, -0.05) is 42.5 Å². The Bertz CT molecular complexity index is 860. The number of aromatic nitrogens is 1. The maximum atomic E-state index is 12.8. The predicted octanol–water partition coefficient (Wildman–Crippen LogP) is 3.51. The average molecular weight is 309 g/mol. The Kier molecular flexibility index (Phi) is 4.02. The van der Waals surface area contributed by atoms with E-state index in [1.54, 1.807) is 48.7 Å².